The Morgan fingerprint density at radius 2 is 0.802 bits per heavy atom. The van der Waals surface area contributed by atoms with Gasteiger partial charge in [-0.1, -0.05) is 75.7 Å². The zero-order chi connectivity index (χ0) is 91.8. The van der Waals surface area contributed by atoms with Crippen LogP contribution in [0.3, 0.4) is 0 Å². The van der Waals surface area contributed by atoms with E-state index in [-0.39, 0.29) is 114 Å². The molecule has 0 radical (unpaired) electrons. The first kappa shape index (κ1) is 108. The molecular formula is C76H143N26O18S+5. The van der Waals surface area contributed by atoms with Crippen molar-refractivity contribution in [3.05, 3.63) is 18.2 Å². The molecular weight excluding hydrogens is 1600 g/mol. The molecule has 45 heteroatoms. The maximum atomic E-state index is 14.9. The summed E-state index contributed by atoms with van der Waals surface area (Å²) in [5, 5.41) is 56.6. The summed E-state index contributed by atoms with van der Waals surface area (Å²) in [7, 11) is 0. The number of amides is 15. The number of aliphatic hydroxyl groups is 1. The molecule has 1 aromatic rings. The summed E-state index contributed by atoms with van der Waals surface area (Å²) in [4.78, 5) is 236. The van der Waals surface area contributed by atoms with Crippen molar-refractivity contribution in [3.8, 4) is 0 Å². The zero-order valence-corrected chi connectivity index (χ0v) is 73.2. The summed E-state index contributed by atoms with van der Waals surface area (Å²) >= 11 is 1.39. The Hall–Kier alpha value is -10.5. The van der Waals surface area contributed by atoms with Crippen LogP contribution in [0.15, 0.2) is 12.5 Å². The number of carboxylic acid groups (broad SMARTS) is 1. The van der Waals surface area contributed by atoms with Crippen molar-refractivity contribution < 1.29 is 114 Å². The molecule has 0 aliphatic carbocycles. The predicted octanol–water partition coefficient (Wildman–Crippen LogP) is -12.4. The SMILES string of the molecule is CC[C@H](C)[C@H](NC(=O)[C@H](Cc1cnc[nH]1)NC(=O)[C@H](C)NC(=O)[C@H](CCC(N)=O)NC(=O)[C@@H](NC(=O)[C@H](CCC[NH+]=C(N)N)NC(=O)[C@H](CC(C)C)NC(=O)[C@H](CC(C)C)NC(=O)[C@H](CO)NC(=O)C[NH3+])C(C)C)C(=O)N[C@@H](CCC[NH+]=C(N)N)C(=O)N[C@@H](CCCC[NH3+])C(=O)N[C@@H](CCCC[NH3+])C(=O)N[C@@H](CCSC)C(=O)N[C@H](C(=O)O)C(C)C. The third-order valence-corrected chi connectivity index (χ3v) is 20.1. The van der Waals surface area contributed by atoms with Crippen LogP contribution in [0, 0.1) is 29.6 Å². The number of quaternary nitrogens is 3. The van der Waals surface area contributed by atoms with Crippen molar-refractivity contribution in [2.45, 2.75) is 270 Å². The smallest absolute Gasteiger partial charge is 0.338 e. The molecule has 686 valence electrons. The standard InChI is InChI=1S/C76H138N26O18S/c1-13-43(10)60(73(118)95-48(22-18-29-86-75(81)82)65(110)92-46(20-14-16-27-77)63(108)91-47(21-15-17-28-78)64(109)94-51(26-31-121-12)67(112)101-59(42(8)9)74(119)120)102-70(115)54(34-45-36-85-38-88-45)97-61(106)44(11)89-62(107)50(24-25-56(80)104)96-72(117)58(41(6)7)100-66(111)49(23-19-30-87-76(83)84)93-68(113)52(32-39(2)3)98-69(114)53(33-40(4)5)99-71(116)55(37-103)90-57(105)35-79/h36,38-44,46-55,58-60,103H,13-35,37,77-79H2,1-12H3,(H2,80,104)(H,85,88)(H,89,107)(H,90,105)(H,91,108)(H,92,110)(H,93,113)(H,94,109)(H,95,118)(H,96,117)(H,97,106)(H,98,114)(H,99,116)(H,100,111)(H,101,112)(H,102,115)(H,119,120)(H4,81,82,86)(H4,83,84,87)/p+5/t43-,44-,46-,47-,48-,49-,50-,51-,52-,53-,54-,55-,58-,59-,60-/m0/s1. The molecule has 1 aromatic heterocycles. The van der Waals surface area contributed by atoms with Crippen molar-refractivity contribution >= 4 is 118 Å². The number of nitrogens with zero attached hydrogens (tertiary/aromatic N) is 1. The number of hydrogen-bond acceptors (Lipinski definition) is 19. The Balaban J connectivity index is 3.78. The van der Waals surface area contributed by atoms with E-state index in [1.54, 1.807) is 75.5 Å². The van der Waals surface area contributed by atoms with E-state index in [1.165, 1.54) is 31.2 Å². The molecule has 0 saturated carbocycles. The van der Waals surface area contributed by atoms with E-state index < -0.39 is 216 Å². The molecule has 15 amide bonds. The minimum atomic E-state index is -1.63. The topological polar surface area (TPSA) is 752 Å². The van der Waals surface area contributed by atoms with Crippen LogP contribution < -0.4 is 130 Å². The van der Waals surface area contributed by atoms with Crippen molar-refractivity contribution in [1.29, 1.82) is 0 Å². The molecule has 1 rings (SSSR count). The average Bonchev–Trinajstić information content (AvgIpc) is 1.74. The van der Waals surface area contributed by atoms with E-state index in [4.69, 9.17) is 28.7 Å². The second-order valence-electron chi connectivity index (χ2n) is 31.6. The first-order valence-corrected chi connectivity index (χ1v) is 42.8. The van der Waals surface area contributed by atoms with Gasteiger partial charge in [0.15, 0.2) is 6.54 Å². The molecule has 44 nitrogen and oxygen atoms in total. The van der Waals surface area contributed by atoms with E-state index in [1.807, 2.05) is 0 Å². The van der Waals surface area contributed by atoms with Crippen LogP contribution >= 0.6 is 11.8 Å². The lowest BCUT2D eigenvalue weighted by molar-refractivity contribution is -0.460. The largest absolute Gasteiger partial charge is 0.480 e. The predicted molar refractivity (Wildman–Crippen MR) is 447 cm³/mol. The Kier molecular flexibility index (Phi) is 52.4. The lowest BCUT2D eigenvalue weighted by atomic mass is 9.96. The van der Waals surface area contributed by atoms with Gasteiger partial charge in [-0.3, -0.25) is 105 Å². The lowest BCUT2D eigenvalue weighted by Crippen LogP contribution is -2.78. The first-order valence-electron chi connectivity index (χ1n) is 41.4. The number of carbonyl (C=O) groups is 16. The number of unbranched alkanes of at least 4 members (excludes halogenated alkanes) is 2. The maximum Gasteiger partial charge on any atom is 0.338 e. The number of aliphatic carboxylic acids is 1. The van der Waals surface area contributed by atoms with E-state index in [2.05, 4.69) is 112 Å². The van der Waals surface area contributed by atoms with Crippen molar-refractivity contribution in [2.75, 3.05) is 51.3 Å². The van der Waals surface area contributed by atoms with Gasteiger partial charge in [-0.15, -0.1) is 0 Å². The van der Waals surface area contributed by atoms with Gasteiger partial charge in [-0.05, 0) is 138 Å². The zero-order valence-electron chi connectivity index (χ0n) is 72.4. The van der Waals surface area contributed by atoms with Gasteiger partial charge in [0, 0.05) is 24.7 Å². The third kappa shape index (κ3) is 43.0. The van der Waals surface area contributed by atoms with Gasteiger partial charge < -0.3 is 113 Å². The highest BCUT2D eigenvalue weighted by atomic mass is 32.2. The van der Waals surface area contributed by atoms with Gasteiger partial charge in [0.25, 0.3) is 5.91 Å². The number of carboxylic acids is 1. The molecule has 38 N–H and O–H groups in total. The molecule has 0 unspecified atom stereocenters. The van der Waals surface area contributed by atoms with Gasteiger partial charge in [0.2, 0.25) is 82.7 Å². The fraction of sp³-hybridized carbons (Fsp3) is 0.724. The number of hydrogen-bond donors (Lipinski definition) is 27. The van der Waals surface area contributed by atoms with Crippen molar-refractivity contribution in [1.82, 2.24) is 84.4 Å². The van der Waals surface area contributed by atoms with Crippen LogP contribution in [0.4, 0.5) is 0 Å². The number of primary amides is 1. The number of nitrogens with two attached hydrogens (primary N) is 5. The minimum absolute atomic E-state index is 0.0188. The molecule has 0 aromatic carbocycles. The number of thioether (sulfide) groups is 1. The van der Waals surface area contributed by atoms with Gasteiger partial charge in [0.1, 0.15) is 84.6 Å². The summed E-state index contributed by atoms with van der Waals surface area (Å²) in [5.41, 5.74) is 39.8. The van der Waals surface area contributed by atoms with E-state index in [0.717, 1.165) is 0 Å². The quantitative estimate of drug-likeness (QED) is 0.0164. The summed E-state index contributed by atoms with van der Waals surface area (Å²) in [6.45, 7) is 18.2. The number of H-pyrrole nitrogens is 1. The highest BCUT2D eigenvalue weighted by Gasteiger charge is 2.40. The molecule has 0 aliphatic rings. The Morgan fingerprint density at radius 3 is 1.18 bits per heavy atom. The highest BCUT2D eigenvalue weighted by molar-refractivity contribution is 7.98. The molecule has 0 bridgehead atoms. The monoisotopic (exact) mass is 1740 g/mol. The number of aromatic amines is 1. The second kappa shape index (κ2) is 58.4. The van der Waals surface area contributed by atoms with Gasteiger partial charge in [0.05, 0.1) is 39.1 Å². The molecule has 0 spiro atoms. The molecule has 121 heavy (non-hydrogen) atoms. The number of rotatable bonds is 62. The third-order valence-electron chi connectivity index (χ3n) is 19.4. The molecule has 0 saturated heterocycles. The first-order chi connectivity index (χ1) is 57.0. The summed E-state index contributed by atoms with van der Waals surface area (Å²) in [6.07, 6.45) is 5.75. The van der Waals surface area contributed by atoms with Crippen LogP contribution in [0.2, 0.25) is 0 Å². The van der Waals surface area contributed by atoms with Crippen LogP contribution in [0.25, 0.3) is 0 Å². The number of aromatic nitrogens is 2. The molecule has 15 atom stereocenters. The summed E-state index contributed by atoms with van der Waals surface area (Å²) in [5.74, 6) is -16.3. The normalized spacial score (nSPS) is 15.0. The number of guanidine groups is 2. The van der Waals surface area contributed by atoms with Gasteiger partial charge in [-0.25, -0.2) is 9.78 Å². The Labute approximate surface area is 711 Å². The van der Waals surface area contributed by atoms with E-state index >= 15 is 0 Å². The molecule has 0 aliphatic heterocycles. The summed E-state index contributed by atoms with van der Waals surface area (Å²) < 4.78 is 0. The number of aliphatic hydroxyl groups excluding tert-OH is 1. The van der Waals surface area contributed by atoms with Crippen molar-refractivity contribution in [2.24, 2.45) is 58.3 Å². The van der Waals surface area contributed by atoms with Crippen LogP contribution in [0.5, 0.6) is 0 Å². The number of imidazole rings is 1. The second-order valence-corrected chi connectivity index (χ2v) is 32.6. The fourth-order valence-electron chi connectivity index (χ4n) is 12.3. The van der Waals surface area contributed by atoms with Gasteiger partial charge in [-0.2, -0.15) is 11.8 Å². The lowest BCUT2D eigenvalue weighted by Gasteiger charge is -2.30. The Morgan fingerprint density at radius 1 is 0.438 bits per heavy atom. The molecule has 0 fully saturated rings. The van der Waals surface area contributed by atoms with Crippen LogP contribution in [-0.4, -0.2) is 263 Å². The fourth-order valence-corrected chi connectivity index (χ4v) is 12.8. The minimum Gasteiger partial charge on any atom is -0.480 e. The van der Waals surface area contributed by atoms with Crippen LogP contribution in [0.1, 0.15) is 185 Å². The Bertz CT molecular complexity index is 3550. The number of carbonyl (C=O) groups excluding carboxylic acids is 15. The van der Waals surface area contributed by atoms with E-state index in [9.17, 15) is 86.9 Å². The highest BCUT2D eigenvalue weighted by Crippen LogP contribution is 2.17. The maximum absolute atomic E-state index is 14.9. The number of nitrogens with one attached hydrogen (secondary N) is 17. The van der Waals surface area contributed by atoms with Crippen LogP contribution in [-0.2, 0) is 83.1 Å². The molecule has 1 heterocycles. The average molecular weight is 1740 g/mol. The van der Waals surface area contributed by atoms with E-state index in [0.29, 0.717) is 50.2 Å². The van der Waals surface area contributed by atoms with Gasteiger partial charge >= 0.3 is 17.9 Å². The van der Waals surface area contributed by atoms with Crippen molar-refractivity contribution in [3.63, 3.8) is 0 Å². The summed E-state index contributed by atoms with van der Waals surface area (Å²) in [6, 6.07) is -19.5.